The minimum absolute atomic E-state index is 0.00566. The molecule has 4 atom stereocenters. The lowest BCUT2D eigenvalue weighted by atomic mass is 10.0. The Bertz CT molecular complexity index is 974. The predicted molar refractivity (Wildman–Crippen MR) is 135 cm³/mol. The molecular formula is C24H36N6O8. The van der Waals surface area contributed by atoms with E-state index < -0.39 is 66.2 Å². The van der Waals surface area contributed by atoms with Crippen LogP contribution < -0.4 is 33.2 Å². The Hall–Kier alpha value is -4.04. The van der Waals surface area contributed by atoms with Crippen LogP contribution in [0.5, 0.6) is 0 Å². The molecule has 0 heterocycles. The molecule has 0 aromatic heterocycles. The van der Waals surface area contributed by atoms with Crippen LogP contribution in [0.2, 0.25) is 0 Å². The van der Waals surface area contributed by atoms with Gasteiger partial charge in [0.25, 0.3) is 0 Å². The van der Waals surface area contributed by atoms with Gasteiger partial charge < -0.3 is 43.4 Å². The average Bonchev–Trinajstić information content (AvgIpc) is 2.85. The summed E-state index contributed by atoms with van der Waals surface area (Å²) >= 11 is 0. The van der Waals surface area contributed by atoms with E-state index in [1.807, 2.05) is 0 Å². The van der Waals surface area contributed by atoms with E-state index in [4.69, 9.17) is 22.3 Å². The zero-order valence-corrected chi connectivity index (χ0v) is 20.9. The molecule has 0 spiro atoms. The van der Waals surface area contributed by atoms with Crippen molar-refractivity contribution in [3.8, 4) is 0 Å². The number of carbonyl (C=O) groups excluding carboxylic acids is 4. The fraction of sp³-hybridized carbons (Fsp3) is 0.500. The maximum atomic E-state index is 13.2. The standard InChI is InChI=1S/C24H36N6O8/c25-11-5-4-8-16(22(35)29-17(24(37)38)9-10-19(27)31)28-23(36)18(12-14-6-2-1-3-7-14)30-21(34)15(26)13-20(32)33/h1-3,6-7,15-18H,4-5,8-13,25-26H2,(H2,27,31)(H,28,36)(H,29,35)(H,30,34)(H,32,33)(H,37,38). The van der Waals surface area contributed by atoms with E-state index in [0.29, 0.717) is 24.9 Å². The summed E-state index contributed by atoms with van der Waals surface area (Å²) in [6, 6.07) is 3.40. The second-order valence-corrected chi connectivity index (χ2v) is 8.71. The van der Waals surface area contributed by atoms with Gasteiger partial charge in [-0.1, -0.05) is 30.3 Å². The molecule has 0 radical (unpaired) electrons. The molecule has 38 heavy (non-hydrogen) atoms. The smallest absolute Gasteiger partial charge is 0.326 e. The van der Waals surface area contributed by atoms with E-state index in [0.717, 1.165) is 0 Å². The Morgan fingerprint density at radius 2 is 1.37 bits per heavy atom. The fourth-order valence-electron chi connectivity index (χ4n) is 3.47. The van der Waals surface area contributed by atoms with Crippen LogP contribution in [-0.2, 0) is 35.2 Å². The molecule has 1 aromatic carbocycles. The molecule has 0 bridgehead atoms. The summed E-state index contributed by atoms with van der Waals surface area (Å²) in [5, 5.41) is 25.6. The van der Waals surface area contributed by atoms with E-state index in [1.54, 1.807) is 30.3 Å². The summed E-state index contributed by atoms with van der Waals surface area (Å²) in [4.78, 5) is 72.2. The highest BCUT2D eigenvalue weighted by Crippen LogP contribution is 2.08. The van der Waals surface area contributed by atoms with Crippen molar-refractivity contribution < 1.29 is 39.0 Å². The van der Waals surface area contributed by atoms with Gasteiger partial charge in [-0.05, 0) is 37.8 Å². The summed E-state index contributed by atoms with van der Waals surface area (Å²) < 4.78 is 0. The minimum Gasteiger partial charge on any atom is -0.481 e. The van der Waals surface area contributed by atoms with E-state index in [2.05, 4.69) is 16.0 Å². The van der Waals surface area contributed by atoms with Crippen LogP contribution in [0.25, 0.3) is 0 Å². The molecule has 14 heteroatoms. The monoisotopic (exact) mass is 536 g/mol. The van der Waals surface area contributed by atoms with E-state index in [-0.39, 0.29) is 25.7 Å². The Morgan fingerprint density at radius 3 is 1.92 bits per heavy atom. The first-order valence-electron chi connectivity index (χ1n) is 12.1. The number of carboxylic acid groups (broad SMARTS) is 2. The number of carbonyl (C=O) groups is 6. The molecule has 4 amide bonds. The maximum absolute atomic E-state index is 13.2. The number of nitrogens with one attached hydrogen (secondary N) is 3. The van der Waals surface area contributed by atoms with E-state index in [9.17, 15) is 33.9 Å². The van der Waals surface area contributed by atoms with Gasteiger partial charge in [0.05, 0.1) is 12.5 Å². The molecule has 0 saturated heterocycles. The van der Waals surface area contributed by atoms with Gasteiger partial charge in [-0.3, -0.25) is 24.0 Å². The van der Waals surface area contributed by atoms with Gasteiger partial charge in [-0.2, -0.15) is 0 Å². The Labute approximate surface area is 219 Å². The van der Waals surface area contributed by atoms with Gasteiger partial charge in [0.1, 0.15) is 18.1 Å². The first kappa shape index (κ1) is 32.0. The number of primary amides is 1. The molecule has 0 fully saturated rings. The average molecular weight is 537 g/mol. The van der Waals surface area contributed by atoms with Gasteiger partial charge >= 0.3 is 11.9 Å². The Morgan fingerprint density at radius 1 is 0.789 bits per heavy atom. The molecule has 210 valence electrons. The van der Waals surface area contributed by atoms with Crippen molar-refractivity contribution in [1.29, 1.82) is 0 Å². The third kappa shape index (κ3) is 12.3. The Balaban J connectivity index is 3.10. The zero-order valence-electron chi connectivity index (χ0n) is 20.9. The first-order valence-corrected chi connectivity index (χ1v) is 12.1. The number of unbranched alkanes of at least 4 members (excludes halogenated alkanes) is 1. The lowest BCUT2D eigenvalue weighted by molar-refractivity contribution is -0.142. The van der Waals surface area contributed by atoms with Gasteiger partial charge in [0.2, 0.25) is 23.6 Å². The van der Waals surface area contributed by atoms with Crippen LogP contribution in [0.15, 0.2) is 30.3 Å². The summed E-state index contributed by atoms with van der Waals surface area (Å²) in [5.41, 5.74) is 16.9. The van der Waals surface area contributed by atoms with E-state index in [1.165, 1.54) is 0 Å². The van der Waals surface area contributed by atoms with Gasteiger partial charge in [-0.25, -0.2) is 4.79 Å². The lowest BCUT2D eigenvalue weighted by Gasteiger charge is -2.25. The molecule has 14 nitrogen and oxygen atoms in total. The number of hydrogen-bond acceptors (Lipinski definition) is 8. The van der Waals surface area contributed by atoms with E-state index >= 15 is 0 Å². The largest absolute Gasteiger partial charge is 0.481 e. The number of benzene rings is 1. The second kappa shape index (κ2) is 16.7. The fourth-order valence-corrected chi connectivity index (χ4v) is 3.47. The number of aliphatic carboxylic acids is 2. The van der Waals surface area contributed by atoms with Crippen LogP contribution >= 0.6 is 0 Å². The lowest BCUT2D eigenvalue weighted by Crippen LogP contribution is -2.57. The molecular weight excluding hydrogens is 500 g/mol. The zero-order chi connectivity index (χ0) is 28.7. The number of hydrogen-bond donors (Lipinski definition) is 8. The maximum Gasteiger partial charge on any atom is 0.326 e. The Kier molecular flexibility index (Phi) is 14.0. The van der Waals surface area contributed by atoms with Crippen molar-refractivity contribution in [2.75, 3.05) is 6.54 Å². The molecule has 1 aromatic rings. The normalized spacial score (nSPS) is 13.8. The summed E-state index contributed by atoms with van der Waals surface area (Å²) in [7, 11) is 0. The van der Waals surface area contributed by atoms with Gasteiger partial charge in [-0.15, -0.1) is 0 Å². The molecule has 0 saturated carbocycles. The molecule has 0 aliphatic heterocycles. The predicted octanol–water partition coefficient (Wildman–Crippen LogP) is -2.04. The van der Waals surface area contributed by atoms with Crippen molar-refractivity contribution in [3.63, 3.8) is 0 Å². The molecule has 4 unspecified atom stereocenters. The second-order valence-electron chi connectivity index (χ2n) is 8.71. The third-order valence-electron chi connectivity index (χ3n) is 5.52. The van der Waals surface area contributed by atoms with Crippen LogP contribution in [0.3, 0.4) is 0 Å². The summed E-state index contributed by atoms with van der Waals surface area (Å²) in [6.07, 6.45) is -0.104. The number of carboxylic acids is 2. The molecule has 0 aliphatic rings. The van der Waals surface area contributed by atoms with Crippen molar-refractivity contribution in [2.45, 2.75) is 69.1 Å². The number of rotatable bonds is 18. The van der Waals surface area contributed by atoms with Crippen LogP contribution in [0.4, 0.5) is 0 Å². The quantitative estimate of drug-likeness (QED) is 0.0953. The minimum atomic E-state index is -1.42. The molecule has 0 aliphatic carbocycles. The highest BCUT2D eigenvalue weighted by Gasteiger charge is 2.30. The van der Waals surface area contributed by atoms with Crippen molar-refractivity contribution >= 4 is 35.6 Å². The molecule has 1 rings (SSSR count). The van der Waals surface area contributed by atoms with Crippen LogP contribution in [0, 0.1) is 0 Å². The van der Waals surface area contributed by atoms with Crippen molar-refractivity contribution in [1.82, 2.24) is 16.0 Å². The topological polar surface area (TPSA) is 257 Å². The van der Waals surface area contributed by atoms with Crippen molar-refractivity contribution in [2.24, 2.45) is 17.2 Å². The highest BCUT2D eigenvalue weighted by atomic mass is 16.4. The summed E-state index contributed by atoms with van der Waals surface area (Å²) in [5.74, 6) is -5.85. The molecule has 11 N–H and O–H groups in total. The SMILES string of the molecule is NCCCCC(NC(=O)C(Cc1ccccc1)NC(=O)C(N)CC(=O)O)C(=O)NC(CCC(N)=O)C(=O)O. The van der Waals surface area contributed by atoms with Crippen LogP contribution in [-0.4, -0.2) is 76.5 Å². The third-order valence-corrected chi connectivity index (χ3v) is 5.52. The highest BCUT2D eigenvalue weighted by molar-refractivity contribution is 5.95. The van der Waals surface area contributed by atoms with Crippen LogP contribution in [0.1, 0.15) is 44.1 Å². The number of nitrogens with two attached hydrogens (primary N) is 3. The number of amides is 4. The van der Waals surface area contributed by atoms with Gasteiger partial charge in [0, 0.05) is 12.8 Å². The summed E-state index contributed by atoms with van der Waals surface area (Å²) in [6.45, 7) is 0.326. The van der Waals surface area contributed by atoms with Crippen molar-refractivity contribution in [3.05, 3.63) is 35.9 Å². The first-order chi connectivity index (χ1) is 17.9. The van der Waals surface area contributed by atoms with Gasteiger partial charge in [0.15, 0.2) is 0 Å².